The third kappa shape index (κ3) is 6.52. The van der Waals surface area contributed by atoms with Crippen LogP contribution in [0.1, 0.15) is 16.8 Å². The van der Waals surface area contributed by atoms with E-state index >= 15 is 0 Å². The number of aromatic amines is 1. The zero-order valence-electron chi connectivity index (χ0n) is 15.9. The SMILES string of the molecule is Cc1c(C(F)(F)F)nc(-c2ccc(CN3CC(O)C3)cc2)[nH]c1=O.O=C(O)C(F)(F)F. The summed E-state index contributed by atoms with van der Waals surface area (Å²) in [6.07, 6.45) is -10.0. The van der Waals surface area contributed by atoms with Crippen LogP contribution in [0.15, 0.2) is 29.1 Å². The second-order valence-corrected chi connectivity index (χ2v) is 6.73. The predicted octanol–water partition coefficient (Wildman–Crippen LogP) is 2.57. The smallest absolute Gasteiger partial charge is 0.475 e. The molecule has 3 rings (SSSR count). The van der Waals surface area contributed by atoms with E-state index in [1.54, 1.807) is 24.3 Å². The van der Waals surface area contributed by atoms with Crippen molar-refractivity contribution in [3.8, 4) is 11.4 Å². The molecule has 1 aliphatic rings. The van der Waals surface area contributed by atoms with Crippen LogP contribution >= 0.6 is 0 Å². The standard InChI is InChI=1S/C16H16F3N3O2.C2HF3O2/c1-9-13(16(17,18)19)20-14(21-15(9)24)11-4-2-10(3-5-11)6-22-7-12(23)8-22;3-2(4,5)1(6)7/h2-5,12,23H,6-8H2,1H3,(H,20,21,24);(H,6,7). The maximum absolute atomic E-state index is 13.0. The van der Waals surface area contributed by atoms with E-state index in [4.69, 9.17) is 9.90 Å². The second kappa shape index (κ2) is 9.06. The molecular formula is C18H17F6N3O4. The summed E-state index contributed by atoms with van der Waals surface area (Å²) in [6.45, 7) is 2.99. The third-order valence-corrected chi connectivity index (χ3v) is 4.23. The van der Waals surface area contributed by atoms with Crippen LogP contribution in [0.25, 0.3) is 11.4 Å². The molecule has 0 aliphatic carbocycles. The Hall–Kier alpha value is -2.93. The number of carbonyl (C=O) groups is 1. The van der Waals surface area contributed by atoms with E-state index in [-0.39, 0.29) is 11.9 Å². The summed E-state index contributed by atoms with van der Waals surface area (Å²) in [5.74, 6) is -2.86. The molecule has 0 saturated carbocycles. The zero-order valence-corrected chi connectivity index (χ0v) is 15.9. The summed E-state index contributed by atoms with van der Waals surface area (Å²) in [4.78, 5) is 28.7. The highest BCUT2D eigenvalue weighted by Gasteiger charge is 2.38. The van der Waals surface area contributed by atoms with Crippen LogP contribution < -0.4 is 5.56 Å². The minimum Gasteiger partial charge on any atom is -0.475 e. The van der Waals surface area contributed by atoms with Gasteiger partial charge < -0.3 is 15.2 Å². The van der Waals surface area contributed by atoms with Crippen LogP contribution in [0.3, 0.4) is 0 Å². The van der Waals surface area contributed by atoms with E-state index in [1.165, 1.54) is 0 Å². The van der Waals surface area contributed by atoms with Gasteiger partial charge in [-0.05, 0) is 12.5 Å². The Morgan fingerprint density at radius 3 is 2.10 bits per heavy atom. The van der Waals surface area contributed by atoms with Crippen molar-refractivity contribution in [1.29, 1.82) is 0 Å². The lowest BCUT2D eigenvalue weighted by Gasteiger charge is -2.35. The topological polar surface area (TPSA) is 107 Å². The van der Waals surface area contributed by atoms with Crippen molar-refractivity contribution in [2.75, 3.05) is 13.1 Å². The molecule has 13 heteroatoms. The number of aliphatic carboxylic acids is 1. The monoisotopic (exact) mass is 453 g/mol. The minimum absolute atomic E-state index is 0.108. The van der Waals surface area contributed by atoms with Gasteiger partial charge in [0.05, 0.1) is 6.10 Å². The largest absolute Gasteiger partial charge is 0.490 e. The van der Waals surface area contributed by atoms with E-state index in [0.29, 0.717) is 25.2 Å². The Labute approximate surface area is 171 Å². The quantitative estimate of drug-likeness (QED) is 0.617. The lowest BCUT2D eigenvalue weighted by molar-refractivity contribution is -0.192. The van der Waals surface area contributed by atoms with Gasteiger partial charge in [-0.2, -0.15) is 26.3 Å². The average molecular weight is 453 g/mol. The number of alkyl halides is 6. The number of β-amino-alcohol motifs (C(OH)–C–C–N with tert-alkyl or cyclic N) is 1. The van der Waals surface area contributed by atoms with Crippen molar-refractivity contribution in [2.24, 2.45) is 0 Å². The van der Waals surface area contributed by atoms with Crippen molar-refractivity contribution < 1.29 is 41.4 Å². The highest BCUT2D eigenvalue weighted by atomic mass is 19.4. The van der Waals surface area contributed by atoms with Gasteiger partial charge in [0, 0.05) is 30.8 Å². The molecule has 2 aromatic rings. The number of H-pyrrole nitrogens is 1. The van der Waals surface area contributed by atoms with E-state index in [2.05, 4.69) is 9.97 Å². The Balaban J connectivity index is 0.000000423. The molecule has 0 atom stereocenters. The highest BCUT2D eigenvalue weighted by molar-refractivity contribution is 5.73. The lowest BCUT2D eigenvalue weighted by Crippen LogP contribution is -2.49. The van der Waals surface area contributed by atoms with Gasteiger partial charge in [0.25, 0.3) is 5.56 Å². The first kappa shape index (κ1) is 24.3. The Kier molecular flexibility index (Phi) is 7.11. The first-order chi connectivity index (χ1) is 14.2. The minimum atomic E-state index is -5.08. The number of carboxylic acids is 1. The van der Waals surface area contributed by atoms with Gasteiger partial charge in [0.15, 0.2) is 5.69 Å². The Morgan fingerprint density at radius 2 is 1.68 bits per heavy atom. The number of likely N-dealkylation sites (tertiary alicyclic amines) is 1. The fourth-order valence-corrected chi connectivity index (χ4v) is 2.64. The molecule has 31 heavy (non-hydrogen) atoms. The summed E-state index contributed by atoms with van der Waals surface area (Å²) < 4.78 is 70.6. The molecule has 1 fully saturated rings. The van der Waals surface area contributed by atoms with Crippen LogP contribution in [0.4, 0.5) is 26.3 Å². The molecule has 0 amide bonds. The second-order valence-electron chi connectivity index (χ2n) is 6.73. The van der Waals surface area contributed by atoms with Gasteiger partial charge in [-0.15, -0.1) is 0 Å². The van der Waals surface area contributed by atoms with Gasteiger partial charge in [-0.25, -0.2) is 9.78 Å². The van der Waals surface area contributed by atoms with Gasteiger partial charge >= 0.3 is 18.3 Å². The van der Waals surface area contributed by atoms with Crippen molar-refractivity contribution in [1.82, 2.24) is 14.9 Å². The molecule has 1 aliphatic heterocycles. The number of aliphatic hydroxyl groups is 1. The van der Waals surface area contributed by atoms with Crippen LogP contribution in [-0.4, -0.2) is 56.4 Å². The Morgan fingerprint density at radius 1 is 1.16 bits per heavy atom. The van der Waals surface area contributed by atoms with E-state index < -0.39 is 35.1 Å². The van der Waals surface area contributed by atoms with Crippen LogP contribution in [0.5, 0.6) is 0 Å². The number of nitrogens with zero attached hydrogens (tertiary/aromatic N) is 2. The molecule has 0 radical (unpaired) electrons. The van der Waals surface area contributed by atoms with Gasteiger partial charge in [-0.3, -0.25) is 9.69 Å². The summed E-state index contributed by atoms with van der Waals surface area (Å²) in [7, 11) is 0. The highest BCUT2D eigenvalue weighted by Crippen LogP contribution is 2.30. The molecular weight excluding hydrogens is 436 g/mol. The number of benzene rings is 1. The summed E-state index contributed by atoms with van der Waals surface area (Å²) in [6, 6.07) is 6.79. The fourth-order valence-electron chi connectivity index (χ4n) is 2.64. The summed E-state index contributed by atoms with van der Waals surface area (Å²) >= 11 is 0. The number of nitrogens with one attached hydrogen (secondary N) is 1. The summed E-state index contributed by atoms with van der Waals surface area (Å²) in [5.41, 5.74) is -1.04. The van der Waals surface area contributed by atoms with Crippen molar-refractivity contribution in [2.45, 2.75) is 31.9 Å². The number of aromatic nitrogens is 2. The fraction of sp³-hybridized carbons (Fsp3) is 0.389. The maximum Gasteiger partial charge on any atom is 0.490 e. The van der Waals surface area contributed by atoms with Gasteiger partial charge in [-0.1, -0.05) is 24.3 Å². The lowest BCUT2D eigenvalue weighted by atomic mass is 10.1. The zero-order chi connectivity index (χ0) is 23.6. The average Bonchev–Trinajstić information content (AvgIpc) is 2.62. The number of halogens is 6. The molecule has 0 bridgehead atoms. The number of aliphatic hydroxyl groups excluding tert-OH is 1. The van der Waals surface area contributed by atoms with Crippen molar-refractivity contribution in [3.05, 3.63) is 51.4 Å². The van der Waals surface area contributed by atoms with Crippen LogP contribution in [-0.2, 0) is 17.5 Å². The molecule has 3 N–H and O–H groups in total. The molecule has 1 saturated heterocycles. The number of carboxylic acid groups (broad SMARTS) is 1. The number of hydrogen-bond acceptors (Lipinski definition) is 5. The Bertz CT molecular complexity index is 980. The molecule has 1 aromatic carbocycles. The first-order valence-corrected chi connectivity index (χ1v) is 8.66. The maximum atomic E-state index is 13.0. The molecule has 2 heterocycles. The van der Waals surface area contributed by atoms with E-state index in [9.17, 15) is 36.2 Å². The molecule has 0 unspecified atom stereocenters. The summed E-state index contributed by atoms with van der Waals surface area (Å²) in [5, 5.41) is 16.4. The van der Waals surface area contributed by atoms with E-state index in [1.807, 2.05) is 4.90 Å². The van der Waals surface area contributed by atoms with E-state index in [0.717, 1.165) is 12.5 Å². The van der Waals surface area contributed by atoms with Crippen molar-refractivity contribution in [3.63, 3.8) is 0 Å². The van der Waals surface area contributed by atoms with Gasteiger partial charge in [0.2, 0.25) is 0 Å². The molecule has 7 nitrogen and oxygen atoms in total. The number of hydrogen-bond donors (Lipinski definition) is 3. The number of rotatable bonds is 3. The van der Waals surface area contributed by atoms with Crippen LogP contribution in [0, 0.1) is 6.92 Å². The molecule has 170 valence electrons. The molecule has 0 spiro atoms. The third-order valence-electron chi connectivity index (χ3n) is 4.23. The van der Waals surface area contributed by atoms with Crippen molar-refractivity contribution >= 4 is 5.97 Å². The van der Waals surface area contributed by atoms with Crippen LogP contribution in [0.2, 0.25) is 0 Å². The van der Waals surface area contributed by atoms with Gasteiger partial charge in [0.1, 0.15) is 5.82 Å². The predicted molar refractivity (Wildman–Crippen MR) is 95.0 cm³/mol. The molecule has 1 aromatic heterocycles. The first-order valence-electron chi connectivity index (χ1n) is 8.66. The normalized spacial score (nSPS) is 15.1.